The van der Waals surface area contributed by atoms with Crippen LogP contribution in [0.3, 0.4) is 0 Å². The van der Waals surface area contributed by atoms with E-state index in [0.717, 1.165) is 13.0 Å². The third kappa shape index (κ3) is 2.07. The van der Waals surface area contributed by atoms with E-state index in [2.05, 4.69) is 11.8 Å². The van der Waals surface area contributed by atoms with Crippen molar-refractivity contribution in [3.05, 3.63) is 0 Å². The first-order valence-corrected chi connectivity index (χ1v) is 3.41. The summed E-state index contributed by atoms with van der Waals surface area (Å²) in [6.45, 7) is 0.812. The zero-order chi connectivity index (χ0) is 6.53. The molecule has 1 aliphatic carbocycles. The largest absolute Gasteiger partial charge is 0.383 e. The summed E-state index contributed by atoms with van der Waals surface area (Å²) < 4.78 is 4.98. The van der Waals surface area contributed by atoms with Crippen molar-refractivity contribution in [1.82, 2.24) is 0 Å². The molecule has 0 amide bonds. The van der Waals surface area contributed by atoms with Crippen molar-refractivity contribution in [2.24, 2.45) is 5.92 Å². The molecule has 0 aliphatic heterocycles. The normalized spacial score (nSPS) is 24.8. The molecule has 0 N–H and O–H groups in total. The van der Waals surface area contributed by atoms with E-state index in [1.807, 2.05) is 0 Å². The van der Waals surface area contributed by atoms with Crippen LogP contribution in [0.15, 0.2) is 0 Å². The Morgan fingerprint density at radius 2 is 2.56 bits per heavy atom. The van der Waals surface area contributed by atoms with Crippen LogP contribution in [0.5, 0.6) is 0 Å². The van der Waals surface area contributed by atoms with Crippen molar-refractivity contribution < 1.29 is 4.74 Å². The zero-order valence-corrected chi connectivity index (χ0v) is 5.81. The van der Waals surface area contributed by atoms with Crippen LogP contribution < -0.4 is 0 Å². The first-order valence-electron chi connectivity index (χ1n) is 3.41. The summed E-state index contributed by atoms with van der Waals surface area (Å²) in [6.07, 6.45) is 3.56. The van der Waals surface area contributed by atoms with Crippen molar-refractivity contribution in [1.29, 1.82) is 0 Å². The van der Waals surface area contributed by atoms with Crippen molar-refractivity contribution in [3.8, 4) is 11.8 Å². The van der Waals surface area contributed by atoms with Crippen LogP contribution in [0.25, 0.3) is 0 Å². The van der Waals surface area contributed by atoms with Crippen LogP contribution in [-0.2, 0) is 4.74 Å². The molecule has 0 spiro atoms. The predicted molar refractivity (Wildman–Crippen MR) is 37.0 cm³/mol. The highest BCUT2D eigenvalue weighted by atomic mass is 16.5. The summed E-state index contributed by atoms with van der Waals surface area (Å²) in [4.78, 5) is 0. The molecule has 0 aromatic heterocycles. The number of hydrogen-bond donors (Lipinski definition) is 0. The highest BCUT2D eigenvalue weighted by Gasteiger charge is 2.05. The lowest BCUT2D eigenvalue weighted by molar-refractivity contribution is 0.168. The summed E-state index contributed by atoms with van der Waals surface area (Å²) in [5.41, 5.74) is 0. The smallest absolute Gasteiger partial charge is 0.0600 e. The van der Waals surface area contributed by atoms with Crippen molar-refractivity contribution in [2.45, 2.75) is 19.3 Å². The Morgan fingerprint density at radius 3 is 3.11 bits per heavy atom. The standard InChI is InChI=1S/C8H12O/c1-9-7-8-5-3-2-4-6-8/h8H,2-3,5,7H2,1H3/t8-/m1/s1. The number of ether oxygens (including phenoxy) is 1. The molecular formula is C8H12O. The average molecular weight is 124 g/mol. The summed E-state index contributed by atoms with van der Waals surface area (Å²) in [5, 5.41) is 0. The molecule has 0 saturated heterocycles. The summed E-state index contributed by atoms with van der Waals surface area (Å²) in [5.74, 6) is 6.75. The van der Waals surface area contributed by atoms with Gasteiger partial charge < -0.3 is 4.74 Å². The molecule has 0 saturated carbocycles. The minimum Gasteiger partial charge on any atom is -0.383 e. The van der Waals surface area contributed by atoms with Gasteiger partial charge in [0.1, 0.15) is 0 Å². The maximum Gasteiger partial charge on any atom is 0.0600 e. The molecule has 0 bridgehead atoms. The van der Waals surface area contributed by atoms with E-state index in [-0.39, 0.29) is 0 Å². The van der Waals surface area contributed by atoms with Crippen LogP contribution in [-0.4, -0.2) is 13.7 Å². The van der Waals surface area contributed by atoms with Gasteiger partial charge in [0.05, 0.1) is 6.61 Å². The van der Waals surface area contributed by atoms with Gasteiger partial charge >= 0.3 is 0 Å². The molecule has 1 aliphatic rings. The van der Waals surface area contributed by atoms with Gasteiger partial charge in [-0.15, -0.1) is 5.92 Å². The number of methoxy groups -OCH3 is 1. The molecule has 9 heavy (non-hydrogen) atoms. The number of hydrogen-bond acceptors (Lipinski definition) is 1. The lowest BCUT2D eigenvalue weighted by Crippen LogP contribution is -2.07. The molecule has 0 heterocycles. The van der Waals surface area contributed by atoms with Gasteiger partial charge in [0.15, 0.2) is 0 Å². The van der Waals surface area contributed by atoms with Crippen LogP contribution >= 0.6 is 0 Å². The van der Waals surface area contributed by atoms with Crippen molar-refractivity contribution in [2.75, 3.05) is 13.7 Å². The Hall–Kier alpha value is -0.480. The lowest BCUT2D eigenvalue weighted by atomic mass is 9.99. The molecule has 1 atom stereocenters. The van der Waals surface area contributed by atoms with E-state index in [0.29, 0.717) is 5.92 Å². The Morgan fingerprint density at radius 1 is 1.67 bits per heavy atom. The molecule has 0 radical (unpaired) electrons. The minimum atomic E-state index is 0.517. The molecule has 0 aromatic rings. The molecular weight excluding hydrogens is 112 g/mol. The molecule has 1 nitrogen and oxygen atoms in total. The summed E-state index contributed by atoms with van der Waals surface area (Å²) in [7, 11) is 1.73. The van der Waals surface area contributed by atoms with Crippen LogP contribution in [0, 0.1) is 17.8 Å². The fourth-order valence-electron chi connectivity index (χ4n) is 1.05. The molecule has 0 fully saturated rings. The molecule has 50 valence electrons. The third-order valence-electron chi connectivity index (χ3n) is 1.53. The third-order valence-corrected chi connectivity index (χ3v) is 1.53. The van der Waals surface area contributed by atoms with Gasteiger partial charge in [-0.3, -0.25) is 0 Å². The Labute approximate surface area is 56.4 Å². The van der Waals surface area contributed by atoms with Gasteiger partial charge in [-0.05, 0) is 12.8 Å². The maximum absolute atomic E-state index is 4.98. The average Bonchev–Trinajstić information content (AvgIpc) is 1.91. The first-order chi connectivity index (χ1) is 4.43. The van der Waals surface area contributed by atoms with Gasteiger partial charge in [0.25, 0.3) is 0 Å². The van der Waals surface area contributed by atoms with Crippen molar-refractivity contribution >= 4 is 0 Å². The second-order valence-electron chi connectivity index (χ2n) is 2.37. The fraction of sp³-hybridized carbons (Fsp3) is 0.750. The van der Waals surface area contributed by atoms with Crippen LogP contribution in [0.1, 0.15) is 19.3 Å². The van der Waals surface area contributed by atoms with Gasteiger partial charge in [0, 0.05) is 19.4 Å². The molecule has 0 unspecified atom stereocenters. The van der Waals surface area contributed by atoms with E-state index in [1.165, 1.54) is 12.8 Å². The lowest BCUT2D eigenvalue weighted by Gasteiger charge is -2.10. The summed E-state index contributed by atoms with van der Waals surface area (Å²) in [6, 6.07) is 0. The van der Waals surface area contributed by atoms with Crippen LogP contribution in [0.2, 0.25) is 0 Å². The second kappa shape index (κ2) is 3.53. The van der Waals surface area contributed by atoms with Crippen LogP contribution in [0.4, 0.5) is 0 Å². The number of rotatable bonds is 2. The maximum atomic E-state index is 4.98. The van der Waals surface area contributed by atoms with Crippen molar-refractivity contribution in [3.63, 3.8) is 0 Å². The molecule has 0 aromatic carbocycles. The highest BCUT2D eigenvalue weighted by molar-refractivity contribution is 5.07. The molecule has 1 heteroatoms. The quantitative estimate of drug-likeness (QED) is 0.506. The molecule has 1 rings (SSSR count). The fourth-order valence-corrected chi connectivity index (χ4v) is 1.05. The van der Waals surface area contributed by atoms with E-state index >= 15 is 0 Å². The Bertz CT molecular complexity index is 129. The minimum absolute atomic E-state index is 0.517. The van der Waals surface area contributed by atoms with E-state index < -0.39 is 0 Å². The van der Waals surface area contributed by atoms with Gasteiger partial charge in [-0.2, -0.15) is 0 Å². The second-order valence-corrected chi connectivity index (χ2v) is 2.37. The highest BCUT2D eigenvalue weighted by Crippen LogP contribution is 2.11. The van der Waals surface area contributed by atoms with Gasteiger partial charge in [0.2, 0.25) is 0 Å². The monoisotopic (exact) mass is 124 g/mol. The summed E-state index contributed by atoms with van der Waals surface area (Å²) >= 11 is 0. The van der Waals surface area contributed by atoms with Gasteiger partial charge in [-0.25, -0.2) is 0 Å². The SMILES string of the molecule is COC[C@H]1C#CCCC1. The first kappa shape index (κ1) is 6.64. The van der Waals surface area contributed by atoms with E-state index in [9.17, 15) is 0 Å². The Balaban J connectivity index is 2.28. The van der Waals surface area contributed by atoms with Gasteiger partial charge in [-0.1, -0.05) is 5.92 Å². The zero-order valence-electron chi connectivity index (χ0n) is 5.81. The van der Waals surface area contributed by atoms with E-state index in [4.69, 9.17) is 4.74 Å². The Kier molecular flexibility index (Phi) is 2.60. The van der Waals surface area contributed by atoms with E-state index in [1.54, 1.807) is 7.11 Å². The predicted octanol–water partition coefficient (Wildman–Crippen LogP) is 1.44. The topological polar surface area (TPSA) is 9.23 Å².